The second-order valence-corrected chi connectivity index (χ2v) is 7.13. The van der Waals surface area contributed by atoms with Crippen molar-refractivity contribution in [2.45, 2.75) is 26.1 Å². The van der Waals surface area contributed by atoms with E-state index in [4.69, 9.17) is 11.6 Å². The zero-order chi connectivity index (χ0) is 22.1. The molecule has 0 unspecified atom stereocenters. The number of nitrogens with zero attached hydrogens (tertiary/aromatic N) is 3. The number of alkyl halides is 2. The van der Waals surface area contributed by atoms with E-state index in [1.807, 2.05) is 24.4 Å². The summed E-state index contributed by atoms with van der Waals surface area (Å²) < 4.78 is 31.9. The van der Waals surface area contributed by atoms with Crippen LogP contribution in [0.3, 0.4) is 0 Å². The fourth-order valence-corrected chi connectivity index (χ4v) is 3.28. The minimum absolute atomic E-state index is 0.0743. The topological polar surface area (TPSA) is 63.5 Å². The van der Waals surface area contributed by atoms with Crippen LogP contribution in [0.25, 0.3) is 0 Å². The molecule has 0 radical (unpaired) electrons. The lowest BCUT2D eigenvalue weighted by Gasteiger charge is -2.15. The van der Waals surface area contributed by atoms with Crippen LogP contribution in [0.15, 0.2) is 65.9 Å². The van der Waals surface area contributed by atoms with Gasteiger partial charge in [0.15, 0.2) is 5.96 Å². The van der Waals surface area contributed by atoms with Gasteiger partial charge < -0.3 is 19.9 Å². The van der Waals surface area contributed by atoms with Crippen molar-refractivity contribution < 1.29 is 13.5 Å². The molecule has 1 aromatic heterocycles. The van der Waals surface area contributed by atoms with E-state index in [1.165, 1.54) is 17.7 Å². The van der Waals surface area contributed by atoms with Crippen LogP contribution in [0, 0.1) is 0 Å². The third-order valence-corrected chi connectivity index (χ3v) is 4.78. The van der Waals surface area contributed by atoms with Gasteiger partial charge in [0, 0.05) is 56.1 Å². The van der Waals surface area contributed by atoms with E-state index in [1.54, 1.807) is 19.3 Å². The minimum Gasteiger partial charge on any atom is -0.434 e. The molecule has 0 saturated heterocycles. The van der Waals surface area contributed by atoms with Crippen molar-refractivity contribution in [2.24, 2.45) is 4.99 Å². The molecule has 3 rings (SSSR count). The van der Waals surface area contributed by atoms with Crippen LogP contribution < -0.4 is 15.4 Å². The van der Waals surface area contributed by atoms with Gasteiger partial charge in [-0.15, -0.1) is 0 Å². The van der Waals surface area contributed by atoms with Crippen LogP contribution in [-0.2, 0) is 19.5 Å². The van der Waals surface area contributed by atoms with Crippen LogP contribution in [0.4, 0.5) is 8.78 Å². The van der Waals surface area contributed by atoms with Gasteiger partial charge in [0.1, 0.15) is 11.6 Å². The summed E-state index contributed by atoms with van der Waals surface area (Å²) in [6.45, 7) is -1.33. The molecule has 164 valence electrons. The highest BCUT2D eigenvalue weighted by molar-refractivity contribution is 6.30. The Morgan fingerprint density at radius 2 is 2.00 bits per heavy atom. The molecule has 0 aliphatic heterocycles. The van der Waals surface area contributed by atoms with Crippen molar-refractivity contribution >= 4 is 17.6 Å². The lowest BCUT2D eigenvalue weighted by Crippen LogP contribution is -2.38. The maximum Gasteiger partial charge on any atom is 0.387 e. The molecule has 0 spiro atoms. The number of aliphatic imine (C=N–C) groups is 1. The first-order valence-corrected chi connectivity index (χ1v) is 10.1. The number of benzene rings is 2. The maximum atomic E-state index is 12.6. The number of rotatable bonds is 9. The summed E-state index contributed by atoms with van der Waals surface area (Å²) in [7, 11) is 1.64. The van der Waals surface area contributed by atoms with E-state index in [9.17, 15) is 8.78 Å². The first-order valence-electron chi connectivity index (χ1n) is 9.77. The molecule has 31 heavy (non-hydrogen) atoms. The Labute approximate surface area is 184 Å². The van der Waals surface area contributed by atoms with E-state index in [-0.39, 0.29) is 12.3 Å². The lowest BCUT2D eigenvalue weighted by molar-refractivity contribution is -0.0504. The van der Waals surface area contributed by atoms with Crippen LogP contribution in [0.5, 0.6) is 5.75 Å². The lowest BCUT2D eigenvalue weighted by atomic mass is 10.2. The van der Waals surface area contributed by atoms with Crippen LogP contribution in [0.1, 0.15) is 17.0 Å². The third kappa shape index (κ3) is 6.96. The highest BCUT2D eigenvalue weighted by Crippen LogP contribution is 2.24. The Hall–Kier alpha value is -3.13. The normalized spacial score (nSPS) is 11.6. The molecule has 0 saturated carbocycles. The number of aromatic nitrogens is 2. The molecule has 3 aromatic rings. The SMILES string of the molecule is CN=C(NCCc1nccn1Cc1ccccc1)NCc1cc(Cl)ccc1OC(F)F. The van der Waals surface area contributed by atoms with Gasteiger partial charge in [0.2, 0.25) is 0 Å². The molecule has 2 aromatic carbocycles. The highest BCUT2D eigenvalue weighted by Gasteiger charge is 2.11. The smallest absolute Gasteiger partial charge is 0.387 e. The summed E-state index contributed by atoms with van der Waals surface area (Å²) in [6.07, 6.45) is 4.44. The van der Waals surface area contributed by atoms with Gasteiger partial charge >= 0.3 is 6.61 Å². The van der Waals surface area contributed by atoms with Gasteiger partial charge in [0.25, 0.3) is 0 Å². The van der Waals surface area contributed by atoms with Crippen molar-refractivity contribution in [2.75, 3.05) is 13.6 Å². The van der Waals surface area contributed by atoms with Crippen LogP contribution in [0.2, 0.25) is 5.02 Å². The predicted octanol–water partition coefficient (Wildman–Crippen LogP) is 4.09. The molecule has 0 atom stereocenters. The summed E-state index contributed by atoms with van der Waals surface area (Å²) in [5.74, 6) is 1.56. The Morgan fingerprint density at radius 1 is 1.19 bits per heavy atom. The van der Waals surface area contributed by atoms with E-state index < -0.39 is 6.61 Å². The second kappa shape index (κ2) is 11.3. The Bertz CT molecular complexity index is 995. The summed E-state index contributed by atoms with van der Waals surface area (Å²) in [4.78, 5) is 8.61. The van der Waals surface area contributed by atoms with Gasteiger partial charge in [-0.05, 0) is 23.8 Å². The fraction of sp³-hybridized carbons (Fsp3) is 0.273. The van der Waals surface area contributed by atoms with Crippen LogP contribution in [-0.4, -0.2) is 35.7 Å². The maximum absolute atomic E-state index is 12.6. The van der Waals surface area contributed by atoms with E-state index in [0.29, 0.717) is 29.5 Å². The van der Waals surface area contributed by atoms with Crippen molar-refractivity contribution in [1.82, 2.24) is 20.2 Å². The largest absolute Gasteiger partial charge is 0.434 e. The first-order chi connectivity index (χ1) is 15.0. The third-order valence-electron chi connectivity index (χ3n) is 4.55. The summed E-state index contributed by atoms with van der Waals surface area (Å²) in [6, 6.07) is 14.7. The summed E-state index contributed by atoms with van der Waals surface area (Å²) in [5.41, 5.74) is 1.71. The van der Waals surface area contributed by atoms with Crippen LogP contribution >= 0.6 is 11.6 Å². The average Bonchev–Trinajstić information content (AvgIpc) is 3.19. The molecule has 0 aliphatic carbocycles. The van der Waals surface area contributed by atoms with Crippen molar-refractivity contribution in [3.8, 4) is 5.75 Å². The Balaban J connectivity index is 1.52. The zero-order valence-corrected chi connectivity index (χ0v) is 17.8. The number of hydrogen-bond acceptors (Lipinski definition) is 3. The molecule has 0 amide bonds. The van der Waals surface area contributed by atoms with E-state index in [2.05, 4.69) is 42.0 Å². The number of ether oxygens (including phenoxy) is 1. The number of guanidine groups is 1. The average molecular weight is 448 g/mol. The first kappa shape index (κ1) is 22.6. The molecule has 0 bridgehead atoms. The Morgan fingerprint density at radius 3 is 2.74 bits per heavy atom. The molecular formula is C22H24ClF2N5O. The van der Waals surface area contributed by atoms with E-state index >= 15 is 0 Å². The number of halogens is 3. The highest BCUT2D eigenvalue weighted by atomic mass is 35.5. The summed E-state index contributed by atoms with van der Waals surface area (Å²) in [5, 5.41) is 6.73. The Kier molecular flexibility index (Phi) is 8.23. The second-order valence-electron chi connectivity index (χ2n) is 6.69. The van der Waals surface area contributed by atoms with E-state index in [0.717, 1.165) is 12.4 Å². The number of hydrogen-bond donors (Lipinski definition) is 2. The van der Waals surface area contributed by atoms with Gasteiger partial charge in [-0.1, -0.05) is 41.9 Å². The quantitative estimate of drug-likeness (QED) is 0.383. The standard InChI is InChI=1S/C22H24ClF2N5O/c1-26-22(29-14-17-13-18(23)7-8-19(17)31-21(24)25)28-10-9-20-27-11-12-30(20)15-16-5-3-2-4-6-16/h2-8,11-13,21H,9-10,14-15H2,1H3,(H2,26,28,29). The molecule has 6 nitrogen and oxygen atoms in total. The van der Waals surface area contributed by atoms with Crippen molar-refractivity contribution in [3.63, 3.8) is 0 Å². The van der Waals surface area contributed by atoms with Crippen molar-refractivity contribution in [1.29, 1.82) is 0 Å². The van der Waals surface area contributed by atoms with Gasteiger partial charge in [-0.3, -0.25) is 4.99 Å². The van der Waals surface area contributed by atoms with Crippen molar-refractivity contribution in [3.05, 3.63) is 82.9 Å². The summed E-state index contributed by atoms with van der Waals surface area (Å²) >= 11 is 5.99. The zero-order valence-electron chi connectivity index (χ0n) is 17.1. The number of nitrogens with one attached hydrogen (secondary N) is 2. The minimum atomic E-state index is -2.91. The number of imidazole rings is 1. The fourth-order valence-electron chi connectivity index (χ4n) is 3.08. The monoisotopic (exact) mass is 447 g/mol. The van der Waals surface area contributed by atoms with Gasteiger partial charge in [-0.25, -0.2) is 4.98 Å². The predicted molar refractivity (Wildman–Crippen MR) is 118 cm³/mol. The molecule has 0 fully saturated rings. The molecule has 9 heteroatoms. The van der Waals surface area contributed by atoms with Gasteiger partial charge in [0.05, 0.1) is 0 Å². The van der Waals surface area contributed by atoms with Gasteiger partial charge in [-0.2, -0.15) is 8.78 Å². The molecule has 1 heterocycles. The molecule has 2 N–H and O–H groups in total. The molecule has 0 aliphatic rings. The molecular weight excluding hydrogens is 424 g/mol.